The molecule has 0 saturated carbocycles. The molecule has 17 heavy (non-hydrogen) atoms. The minimum atomic E-state index is -3.02. The predicted octanol–water partition coefficient (Wildman–Crippen LogP) is 1.29. The van der Waals surface area contributed by atoms with Crippen molar-refractivity contribution in [1.29, 1.82) is 0 Å². The molecule has 0 amide bonds. The number of rotatable bonds is 3. The van der Waals surface area contributed by atoms with Gasteiger partial charge < -0.3 is 5.32 Å². The van der Waals surface area contributed by atoms with Crippen LogP contribution >= 0.6 is 0 Å². The van der Waals surface area contributed by atoms with Crippen LogP contribution in [0.15, 0.2) is 0 Å². The van der Waals surface area contributed by atoms with E-state index in [1.165, 1.54) is 6.26 Å². The molecule has 0 atom stereocenters. The van der Waals surface area contributed by atoms with Crippen molar-refractivity contribution in [2.45, 2.75) is 33.6 Å². The largest absolute Gasteiger partial charge is 0.319 e. The molecule has 0 aliphatic carbocycles. The Balaban J connectivity index is 2.82. The lowest BCUT2D eigenvalue weighted by Gasteiger charge is -2.49. The SMILES string of the molecule is CNCC1(C(C)(C)C)CCN(S(C)(=O)=O)CC1. The van der Waals surface area contributed by atoms with Crippen LogP contribution in [-0.4, -0.2) is 45.7 Å². The molecule has 1 saturated heterocycles. The third-order valence-corrected chi connectivity index (χ3v) is 5.56. The van der Waals surface area contributed by atoms with E-state index in [4.69, 9.17) is 0 Å². The van der Waals surface area contributed by atoms with Crippen LogP contribution in [-0.2, 0) is 10.0 Å². The smallest absolute Gasteiger partial charge is 0.211 e. The Morgan fingerprint density at radius 2 is 1.71 bits per heavy atom. The van der Waals surface area contributed by atoms with Crippen LogP contribution in [0.25, 0.3) is 0 Å². The van der Waals surface area contributed by atoms with Gasteiger partial charge in [0.15, 0.2) is 0 Å². The summed E-state index contributed by atoms with van der Waals surface area (Å²) in [6.07, 6.45) is 3.17. The number of hydrogen-bond donors (Lipinski definition) is 1. The van der Waals surface area contributed by atoms with Gasteiger partial charge in [-0.2, -0.15) is 0 Å². The van der Waals surface area contributed by atoms with Gasteiger partial charge in [-0.3, -0.25) is 0 Å². The second-order valence-electron chi connectivity index (χ2n) is 6.22. The maximum atomic E-state index is 11.5. The molecule has 0 radical (unpaired) electrons. The van der Waals surface area contributed by atoms with Crippen LogP contribution in [0.1, 0.15) is 33.6 Å². The van der Waals surface area contributed by atoms with Gasteiger partial charge >= 0.3 is 0 Å². The highest BCUT2D eigenvalue weighted by Gasteiger charge is 2.44. The predicted molar refractivity (Wildman–Crippen MR) is 71.5 cm³/mol. The third-order valence-electron chi connectivity index (χ3n) is 4.25. The number of sulfonamides is 1. The van der Waals surface area contributed by atoms with E-state index >= 15 is 0 Å². The summed E-state index contributed by atoms with van der Waals surface area (Å²) >= 11 is 0. The van der Waals surface area contributed by atoms with E-state index in [9.17, 15) is 8.42 Å². The topological polar surface area (TPSA) is 49.4 Å². The Bertz CT molecular complexity index is 349. The zero-order valence-electron chi connectivity index (χ0n) is 11.7. The summed E-state index contributed by atoms with van der Waals surface area (Å²) in [5.41, 5.74) is 0.391. The van der Waals surface area contributed by atoms with Crippen molar-refractivity contribution in [2.75, 3.05) is 32.9 Å². The molecule has 1 fully saturated rings. The van der Waals surface area contributed by atoms with E-state index in [0.29, 0.717) is 13.1 Å². The van der Waals surface area contributed by atoms with Gasteiger partial charge in [-0.25, -0.2) is 12.7 Å². The van der Waals surface area contributed by atoms with E-state index in [1.807, 2.05) is 7.05 Å². The van der Waals surface area contributed by atoms with Gasteiger partial charge in [-0.1, -0.05) is 20.8 Å². The van der Waals surface area contributed by atoms with Gasteiger partial charge in [-0.15, -0.1) is 0 Å². The van der Waals surface area contributed by atoms with E-state index in [-0.39, 0.29) is 10.8 Å². The maximum absolute atomic E-state index is 11.5. The average Bonchev–Trinajstić information content (AvgIpc) is 2.15. The molecule has 4 nitrogen and oxygen atoms in total. The monoisotopic (exact) mass is 262 g/mol. The Morgan fingerprint density at radius 3 is 2.00 bits per heavy atom. The average molecular weight is 262 g/mol. The molecule has 0 aromatic rings. The van der Waals surface area contributed by atoms with Crippen LogP contribution in [0.2, 0.25) is 0 Å². The van der Waals surface area contributed by atoms with Crippen molar-refractivity contribution in [1.82, 2.24) is 9.62 Å². The highest BCUT2D eigenvalue weighted by atomic mass is 32.2. The second-order valence-corrected chi connectivity index (χ2v) is 8.21. The van der Waals surface area contributed by atoms with Gasteiger partial charge in [0.2, 0.25) is 10.0 Å². The Hall–Kier alpha value is -0.130. The number of hydrogen-bond acceptors (Lipinski definition) is 3. The summed E-state index contributed by atoms with van der Waals surface area (Å²) in [6.45, 7) is 9.00. The molecule has 5 heteroatoms. The molecule has 1 aliphatic heterocycles. The van der Waals surface area contributed by atoms with Gasteiger partial charge in [0.1, 0.15) is 0 Å². The van der Waals surface area contributed by atoms with E-state index in [0.717, 1.165) is 19.4 Å². The first kappa shape index (κ1) is 14.9. The number of piperidine rings is 1. The van der Waals surface area contributed by atoms with Crippen molar-refractivity contribution in [2.24, 2.45) is 10.8 Å². The Labute approximate surface area is 106 Å². The molecule has 1 rings (SSSR count). The van der Waals surface area contributed by atoms with Crippen LogP contribution in [0.3, 0.4) is 0 Å². The van der Waals surface area contributed by atoms with Gasteiger partial charge in [0.25, 0.3) is 0 Å². The number of nitrogens with zero attached hydrogens (tertiary/aromatic N) is 1. The van der Waals surface area contributed by atoms with Gasteiger partial charge in [0.05, 0.1) is 6.26 Å². The van der Waals surface area contributed by atoms with Crippen molar-refractivity contribution >= 4 is 10.0 Å². The summed E-state index contributed by atoms with van der Waals surface area (Å²) in [6, 6.07) is 0. The fourth-order valence-corrected chi connectivity index (χ4v) is 3.62. The molecule has 102 valence electrons. The fourth-order valence-electron chi connectivity index (χ4n) is 2.78. The second kappa shape index (κ2) is 4.86. The fraction of sp³-hybridized carbons (Fsp3) is 1.00. The van der Waals surface area contributed by atoms with Crippen molar-refractivity contribution in [3.05, 3.63) is 0 Å². The van der Waals surface area contributed by atoms with Crippen LogP contribution in [0.4, 0.5) is 0 Å². The Morgan fingerprint density at radius 1 is 1.24 bits per heavy atom. The zero-order chi connectivity index (χ0) is 13.3. The molecule has 1 aliphatic rings. The number of nitrogens with one attached hydrogen (secondary N) is 1. The van der Waals surface area contributed by atoms with E-state index in [1.54, 1.807) is 4.31 Å². The highest BCUT2D eigenvalue weighted by Crippen LogP contribution is 2.46. The first-order chi connectivity index (χ1) is 7.62. The lowest BCUT2D eigenvalue weighted by molar-refractivity contribution is 0.0290. The van der Waals surface area contributed by atoms with Gasteiger partial charge in [-0.05, 0) is 30.7 Å². The minimum absolute atomic E-state index is 0.194. The molecular weight excluding hydrogens is 236 g/mol. The lowest BCUT2D eigenvalue weighted by atomic mass is 9.61. The summed E-state index contributed by atoms with van der Waals surface area (Å²) in [7, 11) is -1.05. The summed E-state index contributed by atoms with van der Waals surface area (Å²) < 4.78 is 24.6. The molecule has 0 aromatic heterocycles. The van der Waals surface area contributed by atoms with Crippen LogP contribution in [0, 0.1) is 10.8 Å². The van der Waals surface area contributed by atoms with Gasteiger partial charge in [0, 0.05) is 19.6 Å². The standard InChI is InChI=1S/C12H26N2O2S/c1-11(2,3)12(10-13-4)6-8-14(9-7-12)17(5,15)16/h13H,6-10H2,1-5H3. The highest BCUT2D eigenvalue weighted by molar-refractivity contribution is 7.88. The molecule has 0 unspecified atom stereocenters. The maximum Gasteiger partial charge on any atom is 0.211 e. The summed E-state index contributed by atoms with van der Waals surface area (Å²) in [5.74, 6) is 0. The summed E-state index contributed by atoms with van der Waals surface area (Å²) in [4.78, 5) is 0. The van der Waals surface area contributed by atoms with Crippen molar-refractivity contribution in [3.8, 4) is 0 Å². The van der Waals surface area contributed by atoms with E-state index in [2.05, 4.69) is 26.1 Å². The van der Waals surface area contributed by atoms with Crippen LogP contribution < -0.4 is 5.32 Å². The lowest BCUT2D eigenvalue weighted by Crippen LogP contribution is -2.52. The molecule has 0 spiro atoms. The molecule has 0 bridgehead atoms. The molecular formula is C12H26N2O2S. The third kappa shape index (κ3) is 3.20. The first-order valence-electron chi connectivity index (χ1n) is 6.22. The normalized spacial score (nSPS) is 22.6. The van der Waals surface area contributed by atoms with E-state index < -0.39 is 10.0 Å². The zero-order valence-corrected chi connectivity index (χ0v) is 12.5. The first-order valence-corrected chi connectivity index (χ1v) is 8.07. The minimum Gasteiger partial charge on any atom is -0.319 e. The van der Waals surface area contributed by atoms with Crippen molar-refractivity contribution < 1.29 is 8.42 Å². The molecule has 1 N–H and O–H groups in total. The Kier molecular flexibility index (Phi) is 4.27. The van der Waals surface area contributed by atoms with Crippen LogP contribution in [0.5, 0.6) is 0 Å². The quantitative estimate of drug-likeness (QED) is 0.834. The molecule has 0 aromatic carbocycles. The van der Waals surface area contributed by atoms with Crippen molar-refractivity contribution in [3.63, 3.8) is 0 Å². The molecule has 1 heterocycles. The summed E-state index contributed by atoms with van der Waals surface area (Å²) in [5, 5.41) is 3.27.